The number of nitrogens with one attached hydrogen (secondary N) is 1. The smallest absolute Gasteiger partial charge is 0.0771 e. The van der Waals surface area contributed by atoms with E-state index < -0.39 is 5.60 Å². The highest BCUT2D eigenvalue weighted by atomic mass is 35.5. The van der Waals surface area contributed by atoms with Gasteiger partial charge >= 0.3 is 0 Å². The molecular formula is C7H16ClNO. The summed E-state index contributed by atoms with van der Waals surface area (Å²) in [6.07, 6.45) is 2.41. The number of likely N-dealkylation sites (N-methyl/N-ethyl adjacent to an activating group) is 1. The molecule has 1 atom stereocenters. The lowest BCUT2D eigenvalue weighted by atomic mass is 10.0. The quantitative estimate of drug-likeness (QED) is 0.648. The molecule has 0 spiro atoms. The molecule has 1 aliphatic carbocycles. The minimum atomic E-state index is -0.450. The van der Waals surface area contributed by atoms with E-state index in [1.165, 1.54) is 12.8 Å². The zero-order valence-corrected chi connectivity index (χ0v) is 7.37. The Morgan fingerprint density at radius 2 is 2.10 bits per heavy atom. The molecule has 0 aromatic carbocycles. The molecule has 2 N–H and O–H groups in total. The maximum atomic E-state index is 9.59. The van der Waals surface area contributed by atoms with Gasteiger partial charge in [0.1, 0.15) is 0 Å². The Labute approximate surface area is 68.4 Å². The summed E-state index contributed by atoms with van der Waals surface area (Å²) in [4.78, 5) is 0. The maximum Gasteiger partial charge on any atom is 0.0771 e. The molecule has 0 aromatic heterocycles. The van der Waals surface area contributed by atoms with Crippen molar-refractivity contribution in [1.82, 2.24) is 5.32 Å². The van der Waals surface area contributed by atoms with Crippen LogP contribution in [0.1, 0.15) is 19.8 Å². The predicted octanol–water partition coefficient (Wildman–Crippen LogP) is 0.789. The van der Waals surface area contributed by atoms with E-state index in [0.717, 1.165) is 6.54 Å². The van der Waals surface area contributed by atoms with Crippen molar-refractivity contribution in [2.24, 2.45) is 5.92 Å². The summed E-state index contributed by atoms with van der Waals surface area (Å²) < 4.78 is 0. The summed E-state index contributed by atoms with van der Waals surface area (Å²) in [5.41, 5.74) is -0.450. The number of halogens is 1. The average molecular weight is 166 g/mol. The molecule has 0 radical (unpaired) electrons. The van der Waals surface area contributed by atoms with E-state index in [2.05, 4.69) is 5.32 Å². The highest BCUT2D eigenvalue weighted by molar-refractivity contribution is 5.85. The van der Waals surface area contributed by atoms with Crippen molar-refractivity contribution in [2.75, 3.05) is 13.6 Å². The highest BCUT2D eigenvalue weighted by Crippen LogP contribution is 2.38. The van der Waals surface area contributed by atoms with Crippen LogP contribution < -0.4 is 5.32 Å². The summed E-state index contributed by atoms with van der Waals surface area (Å²) >= 11 is 0. The van der Waals surface area contributed by atoms with Crippen LogP contribution in [-0.2, 0) is 0 Å². The fourth-order valence-electron chi connectivity index (χ4n) is 1.21. The van der Waals surface area contributed by atoms with Crippen LogP contribution in [0.4, 0.5) is 0 Å². The molecule has 1 rings (SSSR count). The Morgan fingerprint density at radius 1 is 1.60 bits per heavy atom. The molecule has 0 bridgehead atoms. The lowest BCUT2D eigenvalue weighted by Crippen LogP contribution is -2.38. The molecule has 3 heteroatoms. The molecule has 62 valence electrons. The third-order valence-electron chi connectivity index (χ3n) is 1.99. The lowest BCUT2D eigenvalue weighted by molar-refractivity contribution is 0.0390. The third-order valence-corrected chi connectivity index (χ3v) is 1.99. The van der Waals surface area contributed by atoms with E-state index in [-0.39, 0.29) is 12.4 Å². The fourth-order valence-corrected chi connectivity index (χ4v) is 1.21. The molecule has 0 heterocycles. The topological polar surface area (TPSA) is 32.3 Å². The van der Waals surface area contributed by atoms with Gasteiger partial charge in [0.15, 0.2) is 0 Å². The summed E-state index contributed by atoms with van der Waals surface area (Å²) in [6, 6.07) is 0. The van der Waals surface area contributed by atoms with Crippen molar-refractivity contribution in [1.29, 1.82) is 0 Å². The second kappa shape index (κ2) is 3.56. The molecule has 0 aromatic rings. The number of rotatable bonds is 3. The zero-order valence-electron chi connectivity index (χ0n) is 6.55. The standard InChI is InChI=1S/C7H15NO.ClH/c1-7(9,5-8-2)6-3-4-6;/h6,8-9H,3-5H2,1-2H3;1H. The van der Waals surface area contributed by atoms with Gasteiger partial charge in [0.05, 0.1) is 5.60 Å². The normalized spacial score (nSPS) is 23.1. The average Bonchev–Trinajstić information content (AvgIpc) is 2.41. The monoisotopic (exact) mass is 165 g/mol. The third kappa shape index (κ3) is 2.45. The van der Waals surface area contributed by atoms with Crippen LogP contribution in [0.15, 0.2) is 0 Å². The van der Waals surface area contributed by atoms with Crippen LogP contribution in [0.5, 0.6) is 0 Å². The Kier molecular flexibility index (Phi) is 3.63. The second-order valence-electron chi connectivity index (χ2n) is 3.16. The van der Waals surface area contributed by atoms with E-state index in [1.807, 2.05) is 14.0 Å². The molecule has 0 amide bonds. The van der Waals surface area contributed by atoms with Crippen molar-refractivity contribution in [3.8, 4) is 0 Å². The van der Waals surface area contributed by atoms with E-state index in [0.29, 0.717) is 5.92 Å². The van der Waals surface area contributed by atoms with Gasteiger partial charge < -0.3 is 10.4 Å². The largest absolute Gasteiger partial charge is 0.389 e. The van der Waals surface area contributed by atoms with E-state index >= 15 is 0 Å². The Balaban J connectivity index is 0.000000810. The fraction of sp³-hybridized carbons (Fsp3) is 1.00. The molecule has 0 saturated heterocycles. The van der Waals surface area contributed by atoms with E-state index in [9.17, 15) is 5.11 Å². The summed E-state index contributed by atoms with van der Waals surface area (Å²) in [6.45, 7) is 2.62. The second-order valence-corrected chi connectivity index (χ2v) is 3.16. The van der Waals surface area contributed by atoms with Crippen molar-refractivity contribution >= 4 is 12.4 Å². The van der Waals surface area contributed by atoms with Crippen LogP contribution >= 0.6 is 12.4 Å². The Hall–Kier alpha value is 0.210. The minimum absolute atomic E-state index is 0. The minimum Gasteiger partial charge on any atom is -0.389 e. The van der Waals surface area contributed by atoms with Crippen LogP contribution in [-0.4, -0.2) is 24.3 Å². The molecule has 1 saturated carbocycles. The van der Waals surface area contributed by atoms with Crippen LogP contribution in [0.2, 0.25) is 0 Å². The summed E-state index contributed by atoms with van der Waals surface area (Å²) in [7, 11) is 1.87. The lowest BCUT2D eigenvalue weighted by Gasteiger charge is -2.21. The number of hydrogen-bond donors (Lipinski definition) is 2. The van der Waals surface area contributed by atoms with Gasteiger partial charge in [-0.1, -0.05) is 0 Å². The summed E-state index contributed by atoms with van der Waals surface area (Å²) in [5.74, 6) is 0.560. The molecule has 1 fully saturated rings. The SMILES string of the molecule is CNCC(C)(O)C1CC1.Cl. The number of aliphatic hydroxyl groups is 1. The van der Waals surface area contributed by atoms with Gasteiger partial charge in [-0.3, -0.25) is 0 Å². The first-order chi connectivity index (χ1) is 4.17. The van der Waals surface area contributed by atoms with E-state index in [4.69, 9.17) is 0 Å². The van der Waals surface area contributed by atoms with Crippen molar-refractivity contribution < 1.29 is 5.11 Å². The molecular weight excluding hydrogens is 150 g/mol. The van der Waals surface area contributed by atoms with Crippen molar-refractivity contribution in [3.05, 3.63) is 0 Å². The predicted molar refractivity (Wildman–Crippen MR) is 44.5 cm³/mol. The van der Waals surface area contributed by atoms with Crippen molar-refractivity contribution in [3.63, 3.8) is 0 Å². The van der Waals surface area contributed by atoms with Crippen LogP contribution in [0.25, 0.3) is 0 Å². The number of hydrogen-bond acceptors (Lipinski definition) is 2. The molecule has 1 unspecified atom stereocenters. The van der Waals surface area contributed by atoms with Crippen LogP contribution in [0.3, 0.4) is 0 Å². The van der Waals surface area contributed by atoms with Gasteiger partial charge in [0.25, 0.3) is 0 Å². The van der Waals surface area contributed by atoms with Crippen LogP contribution in [0, 0.1) is 5.92 Å². The first kappa shape index (κ1) is 10.2. The molecule has 1 aliphatic rings. The molecule has 0 aliphatic heterocycles. The van der Waals surface area contributed by atoms with Gasteiger partial charge in [0, 0.05) is 6.54 Å². The van der Waals surface area contributed by atoms with Gasteiger partial charge in [-0.05, 0) is 32.7 Å². The molecule has 2 nitrogen and oxygen atoms in total. The zero-order chi connectivity index (χ0) is 6.91. The first-order valence-corrected chi connectivity index (χ1v) is 3.54. The molecule has 10 heavy (non-hydrogen) atoms. The van der Waals surface area contributed by atoms with Gasteiger partial charge in [-0.2, -0.15) is 0 Å². The first-order valence-electron chi connectivity index (χ1n) is 3.54. The summed E-state index contributed by atoms with van der Waals surface area (Å²) in [5, 5.41) is 12.6. The Morgan fingerprint density at radius 3 is 2.40 bits per heavy atom. The highest BCUT2D eigenvalue weighted by Gasteiger charge is 2.38. The van der Waals surface area contributed by atoms with Gasteiger partial charge in [-0.15, -0.1) is 12.4 Å². The maximum absolute atomic E-state index is 9.59. The van der Waals surface area contributed by atoms with Gasteiger partial charge in [-0.25, -0.2) is 0 Å². The van der Waals surface area contributed by atoms with Crippen molar-refractivity contribution in [2.45, 2.75) is 25.4 Å². The van der Waals surface area contributed by atoms with Gasteiger partial charge in [0.2, 0.25) is 0 Å². The van der Waals surface area contributed by atoms with E-state index in [1.54, 1.807) is 0 Å². The Bertz CT molecular complexity index is 102.